The highest BCUT2D eigenvalue weighted by Crippen LogP contribution is 2.30. The van der Waals surface area contributed by atoms with Gasteiger partial charge < -0.3 is 14.0 Å². The lowest BCUT2D eigenvalue weighted by Crippen LogP contribution is -2.28. The zero-order valence-corrected chi connectivity index (χ0v) is 17.2. The molecule has 2 aliphatic rings. The average Bonchev–Trinajstić information content (AvgIpc) is 3.43. The van der Waals surface area contributed by atoms with E-state index in [2.05, 4.69) is 10.1 Å². The molecule has 3 heterocycles. The predicted octanol–water partition coefficient (Wildman–Crippen LogP) is 2.23. The second-order valence-electron chi connectivity index (χ2n) is 7.59. The first-order valence-electron chi connectivity index (χ1n) is 10.2. The van der Waals surface area contributed by atoms with E-state index in [0.717, 1.165) is 32.7 Å². The van der Waals surface area contributed by atoms with Crippen molar-refractivity contribution >= 4 is 10.0 Å². The zero-order chi connectivity index (χ0) is 20.1. The van der Waals surface area contributed by atoms with Gasteiger partial charge in [-0.2, -0.15) is 9.29 Å². The SMILES string of the molecule is O=S(=O)(c1ccccc1)N1CCC(c2nc(CCOCC3CCOCC3)no2)C1. The molecule has 2 aliphatic heterocycles. The highest BCUT2D eigenvalue weighted by Gasteiger charge is 2.35. The molecular weight excluding hydrogens is 394 g/mol. The molecule has 0 aliphatic carbocycles. The zero-order valence-electron chi connectivity index (χ0n) is 16.4. The molecule has 0 N–H and O–H groups in total. The second kappa shape index (κ2) is 9.34. The average molecular weight is 422 g/mol. The van der Waals surface area contributed by atoms with E-state index in [-0.39, 0.29) is 5.92 Å². The van der Waals surface area contributed by atoms with Gasteiger partial charge in [-0.25, -0.2) is 8.42 Å². The Morgan fingerprint density at radius 1 is 1.14 bits per heavy atom. The van der Waals surface area contributed by atoms with Crippen molar-refractivity contribution in [1.82, 2.24) is 14.4 Å². The van der Waals surface area contributed by atoms with E-state index < -0.39 is 10.0 Å². The topological polar surface area (TPSA) is 94.8 Å². The van der Waals surface area contributed by atoms with Gasteiger partial charge in [-0.3, -0.25) is 0 Å². The maximum absolute atomic E-state index is 12.8. The van der Waals surface area contributed by atoms with E-state index >= 15 is 0 Å². The smallest absolute Gasteiger partial charge is 0.243 e. The monoisotopic (exact) mass is 421 g/mol. The molecule has 1 atom stereocenters. The summed E-state index contributed by atoms with van der Waals surface area (Å²) in [7, 11) is -3.49. The Morgan fingerprint density at radius 2 is 1.93 bits per heavy atom. The number of rotatable bonds is 8. The molecule has 0 spiro atoms. The van der Waals surface area contributed by atoms with Gasteiger partial charge in [-0.15, -0.1) is 0 Å². The van der Waals surface area contributed by atoms with Gasteiger partial charge >= 0.3 is 0 Å². The molecule has 0 saturated carbocycles. The van der Waals surface area contributed by atoms with Gasteiger partial charge in [0.25, 0.3) is 0 Å². The van der Waals surface area contributed by atoms with Crippen LogP contribution in [-0.2, 0) is 25.9 Å². The van der Waals surface area contributed by atoms with E-state index in [1.165, 1.54) is 4.31 Å². The van der Waals surface area contributed by atoms with E-state index in [4.69, 9.17) is 14.0 Å². The van der Waals surface area contributed by atoms with Crippen molar-refractivity contribution in [3.05, 3.63) is 42.0 Å². The number of nitrogens with zero attached hydrogens (tertiary/aromatic N) is 3. The van der Waals surface area contributed by atoms with Crippen LogP contribution < -0.4 is 0 Å². The first-order valence-corrected chi connectivity index (χ1v) is 11.6. The first-order chi connectivity index (χ1) is 14.1. The summed E-state index contributed by atoms with van der Waals surface area (Å²) in [5.74, 6) is 1.62. The summed E-state index contributed by atoms with van der Waals surface area (Å²) in [5.41, 5.74) is 0. The fourth-order valence-corrected chi connectivity index (χ4v) is 5.27. The molecule has 2 saturated heterocycles. The van der Waals surface area contributed by atoms with Crippen molar-refractivity contribution in [2.75, 3.05) is 39.5 Å². The Labute approximate surface area is 171 Å². The van der Waals surface area contributed by atoms with Crippen LogP contribution in [0.2, 0.25) is 0 Å². The van der Waals surface area contributed by atoms with Crippen LogP contribution in [-0.4, -0.2) is 62.4 Å². The molecule has 1 aromatic carbocycles. The van der Waals surface area contributed by atoms with Crippen molar-refractivity contribution in [1.29, 1.82) is 0 Å². The molecule has 1 unspecified atom stereocenters. The molecule has 158 valence electrons. The predicted molar refractivity (Wildman–Crippen MR) is 105 cm³/mol. The number of hydrogen-bond acceptors (Lipinski definition) is 7. The van der Waals surface area contributed by atoms with Crippen LogP contribution in [0.5, 0.6) is 0 Å². The van der Waals surface area contributed by atoms with E-state index in [9.17, 15) is 8.42 Å². The van der Waals surface area contributed by atoms with Crippen molar-refractivity contribution < 1.29 is 22.4 Å². The van der Waals surface area contributed by atoms with Crippen molar-refractivity contribution in [3.8, 4) is 0 Å². The largest absolute Gasteiger partial charge is 0.381 e. The summed E-state index contributed by atoms with van der Waals surface area (Å²) < 4.78 is 43.5. The van der Waals surface area contributed by atoms with Gasteiger partial charge in [0, 0.05) is 39.3 Å². The molecule has 0 radical (unpaired) electrons. The molecule has 0 amide bonds. The number of aromatic nitrogens is 2. The molecule has 2 aromatic rings. The Kier molecular flexibility index (Phi) is 6.59. The molecule has 4 rings (SSSR count). The minimum Gasteiger partial charge on any atom is -0.381 e. The fourth-order valence-electron chi connectivity index (χ4n) is 3.75. The van der Waals surface area contributed by atoms with Crippen molar-refractivity contribution in [2.24, 2.45) is 5.92 Å². The third-order valence-electron chi connectivity index (χ3n) is 5.53. The van der Waals surface area contributed by atoms with Crippen LogP contribution in [0.25, 0.3) is 0 Å². The third-order valence-corrected chi connectivity index (χ3v) is 7.41. The number of ether oxygens (including phenoxy) is 2. The van der Waals surface area contributed by atoms with Crippen LogP contribution in [0, 0.1) is 5.92 Å². The Morgan fingerprint density at radius 3 is 2.72 bits per heavy atom. The molecule has 2 fully saturated rings. The van der Waals surface area contributed by atoms with Gasteiger partial charge in [-0.05, 0) is 37.3 Å². The molecule has 1 aromatic heterocycles. The highest BCUT2D eigenvalue weighted by atomic mass is 32.2. The molecule has 9 heteroatoms. The Bertz CT molecular complexity index is 881. The lowest BCUT2D eigenvalue weighted by molar-refractivity contribution is 0.0211. The molecule has 8 nitrogen and oxygen atoms in total. The maximum Gasteiger partial charge on any atom is 0.243 e. The maximum atomic E-state index is 12.8. The summed E-state index contributed by atoms with van der Waals surface area (Å²) in [4.78, 5) is 4.78. The minimum absolute atomic E-state index is 0.0714. The summed E-state index contributed by atoms with van der Waals surface area (Å²) >= 11 is 0. The van der Waals surface area contributed by atoms with Crippen LogP contribution in [0.15, 0.2) is 39.8 Å². The summed E-state index contributed by atoms with van der Waals surface area (Å²) in [6, 6.07) is 8.50. The minimum atomic E-state index is -3.49. The first kappa shape index (κ1) is 20.5. The standard InChI is InChI=1S/C20H27N3O5S/c24-29(25,18-4-2-1-3-5-18)23-10-6-17(14-23)20-21-19(22-28-20)9-13-27-15-16-7-11-26-12-8-16/h1-5,16-17H,6-15H2. The Balaban J connectivity index is 1.26. The summed E-state index contributed by atoms with van der Waals surface area (Å²) in [6.45, 7) is 3.74. The van der Waals surface area contributed by atoms with Crippen LogP contribution in [0.4, 0.5) is 0 Å². The van der Waals surface area contributed by atoms with Crippen LogP contribution >= 0.6 is 0 Å². The van der Waals surface area contributed by atoms with Gasteiger partial charge in [0.2, 0.25) is 15.9 Å². The van der Waals surface area contributed by atoms with Gasteiger partial charge in [0.15, 0.2) is 5.82 Å². The highest BCUT2D eigenvalue weighted by molar-refractivity contribution is 7.89. The van der Waals surface area contributed by atoms with Gasteiger partial charge in [-0.1, -0.05) is 23.4 Å². The quantitative estimate of drug-likeness (QED) is 0.603. The molecular formula is C20H27N3O5S. The van der Waals surface area contributed by atoms with E-state index in [1.807, 2.05) is 0 Å². The lowest BCUT2D eigenvalue weighted by Gasteiger charge is -2.21. The number of sulfonamides is 1. The molecule has 0 bridgehead atoms. The third kappa shape index (κ3) is 5.03. The van der Waals surface area contributed by atoms with E-state index in [1.54, 1.807) is 30.3 Å². The second-order valence-corrected chi connectivity index (χ2v) is 9.53. The van der Waals surface area contributed by atoms with E-state index in [0.29, 0.717) is 55.1 Å². The summed E-state index contributed by atoms with van der Waals surface area (Å²) in [5, 5.41) is 4.04. The van der Waals surface area contributed by atoms with Gasteiger partial charge in [0.1, 0.15) is 0 Å². The van der Waals surface area contributed by atoms with Crippen LogP contribution in [0.3, 0.4) is 0 Å². The molecule has 29 heavy (non-hydrogen) atoms. The Hall–Kier alpha value is -1.81. The number of benzene rings is 1. The van der Waals surface area contributed by atoms with Crippen molar-refractivity contribution in [3.63, 3.8) is 0 Å². The lowest BCUT2D eigenvalue weighted by atomic mass is 10.0. The summed E-state index contributed by atoms with van der Waals surface area (Å²) in [6.07, 6.45) is 3.37. The fraction of sp³-hybridized carbons (Fsp3) is 0.600. The van der Waals surface area contributed by atoms with Crippen LogP contribution in [0.1, 0.15) is 36.9 Å². The normalized spacial score (nSPS) is 21.6. The van der Waals surface area contributed by atoms with Crippen molar-refractivity contribution in [2.45, 2.75) is 36.5 Å². The number of hydrogen-bond donors (Lipinski definition) is 0. The van der Waals surface area contributed by atoms with Gasteiger partial charge in [0.05, 0.1) is 17.4 Å².